The molecule has 0 fully saturated rings. The number of nitrogens with zero attached hydrogens (tertiary/aromatic N) is 1. The van der Waals surface area contributed by atoms with Gasteiger partial charge in [-0.05, 0) is 0 Å². The number of quaternary nitrogens is 1. The van der Waals surface area contributed by atoms with E-state index in [9.17, 15) is 0 Å². The van der Waals surface area contributed by atoms with Crippen molar-refractivity contribution in [1.29, 1.82) is 0 Å². The number of rotatable bonds is 2. The molecular formula is C3H10N2O4S. The van der Waals surface area contributed by atoms with E-state index in [4.69, 9.17) is 20.4 Å². The summed E-state index contributed by atoms with van der Waals surface area (Å²) in [5, 5.41) is 23.0. The Balaban J connectivity index is 0. The van der Waals surface area contributed by atoms with Gasteiger partial charge in [0, 0.05) is 5.75 Å². The highest BCUT2D eigenvalue weighted by Crippen LogP contribution is 1.74. The number of hydrogen-bond acceptors (Lipinski definition) is 5. The molecule has 0 rings (SSSR count). The van der Waals surface area contributed by atoms with Crippen molar-refractivity contribution in [2.75, 3.05) is 12.4 Å². The van der Waals surface area contributed by atoms with Gasteiger partial charge >= 0.3 is 0 Å². The number of hydrogen-bond donors (Lipinski definition) is 3. The molecule has 0 spiro atoms. The van der Waals surface area contributed by atoms with Gasteiger partial charge in [0.1, 0.15) is 6.04 Å². The SMILES string of the molecule is O=[N+]([O-])[O-].[NH3+]C(CO)CS. The summed E-state index contributed by atoms with van der Waals surface area (Å²) in [5.41, 5.74) is 3.55. The maximum absolute atomic E-state index is 8.25. The third-order valence-corrected chi connectivity index (χ3v) is 1.03. The second-order valence-corrected chi connectivity index (χ2v) is 1.82. The first-order valence-electron chi connectivity index (χ1n) is 2.40. The van der Waals surface area contributed by atoms with Gasteiger partial charge in [0.05, 0.1) is 11.7 Å². The van der Waals surface area contributed by atoms with Gasteiger partial charge in [-0.2, -0.15) is 12.6 Å². The highest BCUT2D eigenvalue weighted by atomic mass is 32.1. The predicted octanol–water partition coefficient (Wildman–Crippen LogP) is -1.72. The second kappa shape index (κ2) is 8.47. The smallest absolute Gasteiger partial charge is 0.117 e. The number of thiol groups is 1. The van der Waals surface area contributed by atoms with Crippen molar-refractivity contribution in [3.05, 3.63) is 15.3 Å². The van der Waals surface area contributed by atoms with E-state index < -0.39 is 5.09 Å². The summed E-state index contributed by atoms with van der Waals surface area (Å²) in [5.74, 6) is 0.663. The minimum absolute atomic E-state index is 0.105. The van der Waals surface area contributed by atoms with E-state index in [2.05, 4.69) is 18.4 Å². The molecular weight excluding hydrogens is 160 g/mol. The van der Waals surface area contributed by atoms with Gasteiger partial charge in [-0.3, -0.25) is 0 Å². The molecule has 0 aliphatic carbocycles. The Bertz CT molecular complexity index is 82.6. The molecule has 0 saturated heterocycles. The van der Waals surface area contributed by atoms with Crippen molar-refractivity contribution in [3.8, 4) is 0 Å². The molecule has 7 heteroatoms. The van der Waals surface area contributed by atoms with Crippen molar-refractivity contribution in [3.63, 3.8) is 0 Å². The zero-order valence-electron chi connectivity index (χ0n) is 5.27. The van der Waals surface area contributed by atoms with Crippen molar-refractivity contribution in [1.82, 2.24) is 0 Å². The van der Waals surface area contributed by atoms with Crippen molar-refractivity contribution in [2.45, 2.75) is 6.04 Å². The van der Waals surface area contributed by atoms with Crippen LogP contribution in [0.2, 0.25) is 0 Å². The summed E-state index contributed by atoms with van der Waals surface area (Å²) in [6.45, 7) is 0.142. The van der Waals surface area contributed by atoms with Crippen LogP contribution in [0.1, 0.15) is 0 Å². The van der Waals surface area contributed by atoms with Gasteiger partial charge in [0.15, 0.2) is 0 Å². The molecule has 0 aromatic carbocycles. The molecule has 0 bridgehead atoms. The van der Waals surface area contributed by atoms with Crippen molar-refractivity contribution < 1.29 is 15.9 Å². The maximum atomic E-state index is 8.25. The first-order valence-corrected chi connectivity index (χ1v) is 3.04. The van der Waals surface area contributed by atoms with Gasteiger partial charge in [-0.15, -0.1) is 0 Å². The Hall–Kier alpha value is -0.530. The molecule has 4 N–H and O–H groups in total. The molecule has 1 atom stereocenters. The highest BCUT2D eigenvalue weighted by molar-refractivity contribution is 7.80. The first kappa shape index (κ1) is 12.2. The zero-order valence-corrected chi connectivity index (χ0v) is 6.16. The monoisotopic (exact) mass is 170 g/mol. The summed E-state index contributed by atoms with van der Waals surface area (Å²) < 4.78 is 0. The van der Waals surface area contributed by atoms with Crippen LogP contribution in [0, 0.1) is 15.3 Å². The van der Waals surface area contributed by atoms with E-state index in [0.717, 1.165) is 0 Å². The lowest BCUT2D eigenvalue weighted by Crippen LogP contribution is -2.63. The predicted molar refractivity (Wildman–Crippen MR) is 38.0 cm³/mol. The largest absolute Gasteiger partial charge is 0.390 e. The minimum atomic E-state index is -1.75. The molecule has 0 heterocycles. The highest BCUT2D eigenvalue weighted by Gasteiger charge is 1.95. The van der Waals surface area contributed by atoms with E-state index in [1.807, 2.05) is 0 Å². The van der Waals surface area contributed by atoms with Gasteiger partial charge in [-0.25, -0.2) is 0 Å². The summed E-state index contributed by atoms with van der Waals surface area (Å²) in [4.78, 5) is 8.25. The fourth-order valence-corrected chi connectivity index (χ4v) is 0.173. The molecule has 10 heavy (non-hydrogen) atoms. The Morgan fingerprint density at radius 2 is 2.00 bits per heavy atom. The fraction of sp³-hybridized carbons (Fsp3) is 1.00. The number of aliphatic hydroxyl groups excluding tert-OH is 1. The van der Waals surface area contributed by atoms with Crippen LogP contribution in [0.3, 0.4) is 0 Å². The molecule has 1 unspecified atom stereocenters. The van der Waals surface area contributed by atoms with Crippen LogP contribution in [0.25, 0.3) is 0 Å². The first-order chi connectivity index (χ1) is 4.54. The van der Waals surface area contributed by atoms with Gasteiger partial charge in [-0.1, -0.05) is 0 Å². The van der Waals surface area contributed by atoms with Crippen LogP contribution in [0.5, 0.6) is 0 Å². The molecule has 0 aliphatic heterocycles. The Morgan fingerprint density at radius 1 is 1.70 bits per heavy atom. The topological polar surface area (TPSA) is 114 Å². The average molecular weight is 170 g/mol. The van der Waals surface area contributed by atoms with Gasteiger partial charge < -0.3 is 26.2 Å². The summed E-state index contributed by atoms with van der Waals surface area (Å²) in [6.07, 6.45) is 0. The Kier molecular flexibility index (Phi) is 10.3. The molecule has 0 aliphatic rings. The summed E-state index contributed by atoms with van der Waals surface area (Å²) in [7, 11) is 0. The van der Waals surface area contributed by atoms with E-state index in [0.29, 0.717) is 5.75 Å². The lowest BCUT2D eigenvalue weighted by Gasteiger charge is -1.94. The van der Waals surface area contributed by atoms with Crippen LogP contribution >= 0.6 is 12.6 Å². The standard InChI is InChI=1S/C3H9NOS.NO3/c4-3(1-5)2-6;2-1(3)4/h3,5-6H,1-2,4H2;/q;-1/p+1. The van der Waals surface area contributed by atoms with Gasteiger partial charge in [0.2, 0.25) is 0 Å². The van der Waals surface area contributed by atoms with Crippen LogP contribution in [0.15, 0.2) is 0 Å². The number of aliphatic hydroxyl groups is 1. The average Bonchev–Trinajstić information content (AvgIpc) is 1.85. The second-order valence-electron chi connectivity index (χ2n) is 1.45. The maximum Gasteiger partial charge on any atom is 0.117 e. The third-order valence-electron chi connectivity index (χ3n) is 0.516. The zero-order chi connectivity index (χ0) is 8.57. The lowest BCUT2D eigenvalue weighted by atomic mass is 10.4. The normalized spacial score (nSPS) is 11.1. The van der Waals surface area contributed by atoms with Crippen molar-refractivity contribution in [2.24, 2.45) is 0 Å². The van der Waals surface area contributed by atoms with Crippen LogP contribution in [-0.2, 0) is 0 Å². The van der Waals surface area contributed by atoms with Crippen molar-refractivity contribution >= 4 is 12.6 Å². The summed E-state index contributed by atoms with van der Waals surface area (Å²) >= 11 is 3.87. The third kappa shape index (κ3) is 26.0. The van der Waals surface area contributed by atoms with E-state index in [1.54, 1.807) is 0 Å². The van der Waals surface area contributed by atoms with Crippen LogP contribution in [-0.4, -0.2) is 28.6 Å². The molecule has 0 saturated carbocycles. The molecule has 0 aromatic rings. The van der Waals surface area contributed by atoms with E-state index in [1.165, 1.54) is 0 Å². The lowest BCUT2D eigenvalue weighted by molar-refractivity contribution is -0.417. The molecule has 0 amide bonds. The van der Waals surface area contributed by atoms with E-state index >= 15 is 0 Å². The van der Waals surface area contributed by atoms with Crippen LogP contribution in [0.4, 0.5) is 0 Å². The molecule has 0 aromatic heterocycles. The fourth-order valence-electron chi connectivity index (χ4n) is 0.0577. The Labute approximate surface area is 63.2 Å². The summed E-state index contributed by atoms with van der Waals surface area (Å²) in [6, 6.07) is 0.105. The van der Waals surface area contributed by atoms with E-state index in [-0.39, 0.29) is 12.6 Å². The molecule has 0 radical (unpaired) electrons. The minimum Gasteiger partial charge on any atom is -0.390 e. The Morgan fingerprint density at radius 3 is 2.00 bits per heavy atom. The molecule has 6 nitrogen and oxygen atoms in total. The quantitative estimate of drug-likeness (QED) is 0.260. The van der Waals surface area contributed by atoms with Gasteiger partial charge in [0.25, 0.3) is 0 Å². The molecule has 62 valence electrons. The van der Waals surface area contributed by atoms with Crippen LogP contribution < -0.4 is 5.73 Å².